The van der Waals surface area contributed by atoms with E-state index in [2.05, 4.69) is 211 Å². The Bertz CT molecular complexity index is 2850. The van der Waals surface area contributed by atoms with Crippen molar-refractivity contribution in [2.45, 2.75) is 0 Å². The van der Waals surface area contributed by atoms with Crippen LogP contribution in [0.5, 0.6) is 0 Å². The van der Waals surface area contributed by atoms with Gasteiger partial charge in [-0.25, -0.2) is 0 Å². The summed E-state index contributed by atoms with van der Waals surface area (Å²) in [4.78, 5) is 2.33. The smallest absolute Gasteiger partial charge is 0.135 e. The molecule has 1 aromatic heterocycles. The minimum Gasteiger partial charge on any atom is -0.456 e. The van der Waals surface area contributed by atoms with Gasteiger partial charge in [0.05, 0.1) is 0 Å². The molecule has 0 atom stereocenters. The molecule has 0 amide bonds. The summed E-state index contributed by atoms with van der Waals surface area (Å²) in [7, 11) is 0. The lowest BCUT2D eigenvalue weighted by atomic mass is 9.93. The third kappa shape index (κ3) is 6.44. The van der Waals surface area contributed by atoms with E-state index in [1.807, 2.05) is 18.2 Å². The molecule has 0 radical (unpaired) electrons. The first kappa shape index (κ1) is 33.2. The summed E-state index contributed by atoms with van der Waals surface area (Å²) >= 11 is 0. The van der Waals surface area contributed by atoms with Crippen LogP contribution in [0.3, 0.4) is 0 Å². The molecule has 0 bridgehead atoms. The second-order valence-corrected chi connectivity index (χ2v) is 14.2. The van der Waals surface area contributed by atoms with Crippen molar-refractivity contribution in [1.29, 1.82) is 0 Å². The number of benzene rings is 9. The fourth-order valence-electron chi connectivity index (χ4n) is 7.83. The van der Waals surface area contributed by atoms with E-state index in [1.165, 1.54) is 49.7 Å². The molecular weight excluding hydrogens is 679 g/mol. The Hall–Kier alpha value is -7.42. The number of anilines is 3. The lowest BCUT2D eigenvalue weighted by molar-refractivity contribution is 0.631. The van der Waals surface area contributed by atoms with Gasteiger partial charge in [-0.15, -0.1) is 0 Å². The van der Waals surface area contributed by atoms with Crippen molar-refractivity contribution in [2.24, 2.45) is 0 Å². The van der Waals surface area contributed by atoms with Crippen molar-refractivity contribution in [1.82, 2.24) is 0 Å². The highest BCUT2D eigenvalue weighted by Crippen LogP contribution is 2.40. The van der Waals surface area contributed by atoms with Gasteiger partial charge in [0.1, 0.15) is 11.3 Å². The fraction of sp³-hybridized carbons (Fsp3) is 0. The van der Waals surface area contributed by atoms with Gasteiger partial charge in [0.25, 0.3) is 0 Å². The molecule has 9 aromatic carbocycles. The van der Waals surface area contributed by atoms with E-state index in [1.54, 1.807) is 0 Å². The third-order valence-corrected chi connectivity index (χ3v) is 10.6. The van der Waals surface area contributed by atoms with Crippen LogP contribution in [0.25, 0.3) is 77.6 Å². The Kier molecular flexibility index (Phi) is 8.55. The van der Waals surface area contributed by atoms with Crippen LogP contribution in [0.15, 0.2) is 229 Å². The van der Waals surface area contributed by atoms with Gasteiger partial charge >= 0.3 is 0 Å². The van der Waals surface area contributed by atoms with Crippen LogP contribution in [0, 0.1) is 0 Å². The highest BCUT2D eigenvalue weighted by molar-refractivity contribution is 5.97. The number of nitrogens with zero attached hydrogens (tertiary/aromatic N) is 1. The van der Waals surface area contributed by atoms with Gasteiger partial charge < -0.3 is 9.32 Å². The van der Waals surface area contributed by atoms with Gasteiger partial charge in [-0.3, -0.25) is 0 Å². The van der Waals surface area contributed by atoms with Gasteiger partial charge in [-0.2, -0.15) is 0 Å². The topological polar surface area (TPSA) is 16.4 Å². The van der Waals surface area contributed by atoms with Gasteiger partial charge in [-0.05, 0) is 122 Å². The molecule has 0 unspecified atom stereocenters. The molecule has 2 nitrogen and oxygen atoms in total. The molecule has 1 heterocycles. The molecule has 0 saturated heterocycles. The quantitative estimate of drug-likeness (QED) is 0.156. The van der Waals surface area contributed by atoms with Crippen LogP contribution >= 0.6 is 0 Å². The molecule has 264 valence electrons. The maximum atomic E-state index is 6.33. The first-order chi connectivity index (χ1) is 27.7. The number of rotatable bonds is 8. The largest absolute Gasteiger partial charge is 0.456 e. The summed E-state index contributed by atoms with van der Waals surface area (Å²) in [6.07, 6.45) is 0. The van der Waals surface area contributed by atoms with E-state index in [0.29, 0.717) is 0 Å². The zero-order chi connectivity index (χ0) is 37.3. The van der Waals surface area contributed by atoms with Crippen LogP contribution < -0.4 is 4.90 Å². The average Bonchev–Trinajstić information content (AvgIpc) is 3.72. The van der Waals surface area contributed by atoms with Crippen LogP contribution in [-0.4, -0.2) is 0 Å². The molecule has 56 heavy (non-hydrogen) atoms. The van der Waals surface area contributed by atoms with Crippen molar-refractivity contribution >= 4 is 38.8 Å². The molecule has 10 aromatic rings. The molecule has 0 N–H and O–H groups in total. The Morgan fingerprint density at radius 2 is 0.786 bits per heavy atom. The zero-order valence-corrected chi connectivity index (χ0v) is 30.7. The van der Waals surface area contributed by atoms with Crippen molar-refractivity contribution in [3.8, 4) is 55.8 Å². The maximum Gasteiger partial charge on any atom is 0.135 e. The Labute approximate surface area is 327 Å². The number of fused-ring (bicyclic) bond motifs is 2. The molecule has 2 heteroatoms. The second-order valence-electron chi connectivity index (χ2n) is 14.2. The van der Waals surface area contributed by atoms with E-state index in [4.69, 9.17) is 4.42 Å². The molecule has 0 fully saturated rings. The van der Waals surface area contributed by atoms with Crippen LogP contribution in [0.1, 0.15) is 0 Å². The summed E-state index contributed by atoms with van der Waals surface area (Å²) < 4.78 is 6.33. The van der Waals surface area contributed by atoms with E-state index >= 15 is 0 Å². The second kappa shape index (κ2) is 14.4. The highest BCUT2D eigenvalue weighted by atomic mass is 16.3. The predicted octanol–water partition coefficient (Wildman–Crippen LogP) is 15.4. The van der Waals surface area contributed by atoms with Gasteiger partial charge in [0, 0.05) is 28.0 Å². The summed E-state index contributed by atoms with van der Waals surface area (Å²) in [5, 5.41) is 3.58. The van der Waals surface area contributed by atoms with Crippen LogP contribution in [0.4, 0.5) is 17.1 Å². The molecule has 10 rings (SSSR count). The SMILES string of the molecule is c1ccc(-c2cc(-c3ccccc3)cc(-c3ccc(N(c4ccc(-c5cccc6ccccc56)cc4)c4cccc(-c5cc6ccccc6o5)c4)cc3)c2)cc1. The minimum absolute atomic E-state index is 0.849. The maximum absolute atomic E-state index is 6.33. The monoisotopic (exact) mass is 715 g/mol. The number of hydrogen-bond donors (Lipinski definition) is 0. The van der Waals surface area contributed by atoms with Gasteiger partial charge in [0.15, 0.2) is 0 Å². The Balaban J connectivity index is 1.07. The van der Waals surface area contributed by atoms with E-state index in [9.17, 15) is 0 Å². The highest BCUT2D eigenvalue weighted by Gasteiger charge is 2.16. The first-order valence-corrected chi connectivity index (χ1v) is 19.1. The molecule has 0 spiro atoms. The summed E-state index contributed by atoms with van der Waals surface area (Å²) in [6, 6.07) is 80.1. The summed E-state index contributed by atoms with van der Waals surface area (Å²) in [5.74, 6) is 0.849. The lowest BCUT2D eigenvalue weighted by Crippen LogP contribution is -2.10. The average molecular weight is 716 g/mol. The summed E-state index contributed by atoms with van der Waals surface area (Å²) in [6.45, 7) is 0. The van der Waals surface area contributed by atoms with Crippen molar-refractivity contribution in [3.63, 3.8) is 0 Å². The van der Waals surface area contributed by atoms with E-state index in [-0.39, 0.29) is 0 Å². The standard InChI is InChI=1S/C54H37NO/c1-3-13-38(14-4-1)45-33-46(39-15-5-2-6-16-39)35-47(34-45)40-25-29-48(30-26-40)55(50-21-11-20-43(36-50)54-37-44-18-8-10-24-53(44)56-54)49-31-27-42(28-32-49)52-23-12-19-41-17-7-9-22-51(41)52/h1-37H. The Morgan fingerprint density at radius 3 is 1.43 bits per heavy atom. The number of para-hydroxylation sites is 1. The number of furan rings is 1. The number of hydrogen-bond acceptors (Lipinski definition) is 2. The van der Waals surface area contributed by atoms with E-state index in [0.717, 1.165) is 44.9 Å². The minimum atomic E-state index is 0.849. The first-order valence-electron chi connectivity index (χ1n) is 19.1. The normalized spacial score (nSPS) is 11.2. The van der Waals surface area contributed by atoms with Gasteiger partial charge in [0.2, 0.25) is 0 Å². The lowest BCUT2D eigenvalue weighted by Gasteiger charge is -2.26. The molecular formula is C54H37NO. The third-order valence-electron chi connectivity index (χ3n) is 10.6. The Morgan fingerprint density at radius 1 is 0.286 bits per heavy atom. The van der Waals surface area contributed by atoms with Crippen LogP contribution in [-0.2, 0) is 0 Å². The molecule has 0 aliphatic heterocycles. The molecule has 0 saturated carbocycles. The van der Waals surface area contributed by atoms with Crippen molar-refractivity contribution < 1.29 is 4.42 Å². The van der Waals surface area contributed by atoms with Gasteiger partial charge in [-0.1, -0.05) is 158 Å². The van der Waals surface area contributed by atoms with E-state index < -0.39 is 0 Å². The van der Waals surface area contributed by atoms with Crippen molar-refractivity contribution in [2.75, 3.05) is 4.90 Å². The zero-order valence-electron chi connectivity index (χ0n) is 30.7. The van der Waals surface area contributed by atoms with Crippen LogP contribution in [0.2, 0.25) is 0 Å². The predicted molar refractivity (Wildman–Crippen MR) is 236 cm³/mol. The molecule has 0 aliphatic carbocycles. The fourth-order valence-corrected chi connectivity index (χ4v) is 7.83. The molecule has 0 aliphatic rings. The van der Waals surface area contributed by atoms with Crippen molar-refractivity contribution in [3.05, 3.63) is 224 Å². The summed E-state index contributed by atoms with van der Waals surface area (Å²) in [5.41, 5.74) is 14.6.